The van der Waals surface area contributed by atoms with Crippen LogP contribution < -0.4 is 5.32 Å². The van der Waals surface area contributed by atoms with Gasteiger partial charge in [0.1, 0.15) is 0 Å². The van der Waals surface area contributed by atoms with Crippen LogP contribution in [0.15, 0.2) is 52.2 Å². The Hall–Kier alpha value is -2.44. The highest BCUT2D eigenvalue weighted by Gasteiger charge is 2.38. The van der Waals surface area contributed by atoms with Gasteiger partial charge < -0.3 is 15.0 Å². The number of ketones is 1. The summed E-state index contributed by atoms with van der Waals surface area (Å²) in [6.45, 7) is 7.67. The molecule has 146 valence electrons. The number of hydrogen-bond acceptors (Lipinski definition) is 5. The third kappa shape index (κ3) is 3.16. The Labute approximate surface area is 168 Å². The first-order valence-electron chi connectivity index (χ1n) is 9.51. The smallest absolute Gasteiger partial charge is 0.252 e. The number of nitrogens with one attached hydrogen (secondary N) is 1. The van der Waals surface area contributed by atoms with Gasteiger partial charge in [-0.3, -0.25) is 9.59 Å². The summed E-state index contributed by atoms with van der Waals surface area (Å²) in [5, 5.41) is 6.48. The standard InChI is InChI=1S/C22H24N2O3S/c1-13-19(15(3)25)21(17-12-28-18-7-5-4-6-16(17)18)20(14(2)23-13)22(26)24-8-10-27-11-9-24/h4-7,12,21,23H,8-11H2,1-3H3. The van der Waals surface area contributed by atoms with Crippen LogP contribution in [0.4, 0.5) is 0 Å². The maximum Gasteiger partial charge on any atom is 0.252 e. The van der Waals surface area contributed by atoms with Crippen LogP contribution in [0.3, 0.4) is 0 Å². The molecule has 1 unspecified atom stereocenters. The number of carbonyl (C=O) groups excluding carboxylic acids is 2. The zero-order chi connectivity index (χ0) is 19.8. The molecule has 0 saturated carbocycles. The van der Waals surface area contributed by atoms with E-state index in [1.54, 1.807) is 18.3 Å². The number of hydrogen-bond donors (Lipinski definition) is 1. The van der Waals surface area contributed by atoms with Crippen molar-refractivity contribution in [1.82, 2.24) is 10.2 Å². The Balaban J connectivity index is 1.88. The molecule has 1 fully saturated rings. The average molecular weight is 397 g/mol. The highest BCUT2D eigenvalue weighted by atomic mass is 32.1. The van der Waals surface area contributed by atoms with Gasteiger partial charge in [-0.05, 0) is 43.2 Å². The van der Waals surface area contributed by atoms with E-state index in [-0.39, 0.29) is 17.6 Å². The van der Waals surface area contributed by atoms with Crippen molar-refractivity contribution in [2.45, 2.75) is 26.7 Å². The second kappa shape index (κ2) is 7.53. The van der Waals surface area contributed by atoms with Crippen LogP contribution in [0.2, 0.25) is 0 Å². The number of allylic oxidation sites excluding steroid dienone is 3. The molecule has 28 heavy (non-hydrogen) atoms. The van der Waals surface area contributed by atoms with E-state index >= 15 is 0 Å². The first-order chi connectivity index (χ1) is 13.5. The average Bonchev–Trinajstić information content (AvgIpc) is 3.11. The Morgan fingerprint density at radius 2 is 1.79 bits per heavy atom. The van der Waals surface area contributed by atoms with E-state index in [1.165, 1.54) is 0 Å². The fraction of sp³-hybridized carbons (Fsp3) is 0.364. The molecule has 0 spiro atoms. The minimum atomic E-state index is -0.356. The van der Waals surface area contributed by atoms with Gasteiger partial charge >= 0.3 is 0 Å². The van der Waals surface area contributed by atoms with Gasteiger partial charge in [0.15, 0.2) is 5.78 Å². The van der Waals surface area contributed by atoms with Crippen molar-refractivity contribution in [2.75, 3.05) is 26.3 Å². The van der Waals surface area contributed by atoms with Gasteiger partial charge in [0, 0.05) is 46.2 Å². The van der Waals surface area contributed by atoms with Crippen molar-refractivity contribution in [3.63, 3.8) is 0 Å². The highest BCUT2D eigenvalue weighted by Crippen LogP contribution is 2.43. The third-order valence-electron chi connectivity index (χ3n) is 5.49. The molecule has 1 saturated heterocycles. The fourth-order valence-corrected chi connectivity index (χ4v) is 5.20. The van der Waals surface area contributed by atoms with Crippen LogP contribution in [0.25, 0.3) is 10.1 Å². The number of benzene rings is 1. The Bertz CT molecular complexity index is 1010. The second-order valence-corrected chi connectivity index (χ2v) is 8.19. The molecular weight excluding hydrogens is 372 g/mol. The molecule has 2 aliphatic rings. The lowest BCUT2D eigenvalue weighted by molar-refractivity contribution is -0.131. The molecule has 1 N–H and O–H groups in total. The Morgan fingerprint density at radius 3 is 2.50 bits per heavy atom. The van der Waals surface area contributed by atoms with Crippen LogP contribution in [-0.4, -0.2) is 42.9 Å². The molecule has 4 rings (SSSR count). The monoisotopic (exact) mass is 396 g/mol. The zero-order valence-electron chi connectivity index (χ0n) is 16.4. The van der Waals surface area contributed by atoms with Crippen LogP contribution in [0, 0.1) is 0 Å². The van der Waals surface area contributed by atoms with E-state index in [2.05, 4.69) is 22.8 Å². The molecule has 0 bridgehead atoms. The van der Waals surface area contributed by atoms with Gasteiger partial charge in [0.05, 0.1) is 13.2 Å². The van der Waals surface area contributed by atoms with Crippen molar-refractivity contribution in [2.24, 2.45) is 0 Å². The number of Topliss-reactive ketones (excluding diaryl/α,β-unsaturated/α-hetero) is 1. The number of thiophene rings is 1. The summed E-state index contributed by atoms with van der Waals surface area (Å²) in [6, 6.07) is 8.17. The van der Waals surface area contributed by atoms with Crippen molar-refractivity contribution in [1.29, 1.82) is 0 Å². The number of dihydropyridines is 1. The van der Waals surface area contributed by atoms with E-state index < -0.39 is 0 Å². The summed E-state index contributed by atoms with van der Waals surface area (Å²) >= 11 is 1.65. The van der Waals surface area contributed by atoms with Crippen LogP contribution in [0.5, 0.6) is 0 Å². The lowest BCUT2D eigenvalue weighted by atomic mass is 9.78. The molecule has 6 heteroatoms. The van der Waals surface area contributed by atoms with Crippen LogP contribution >= 0.6 is 11.3 Å². The zero-order valence-corrected chi connectivity index (χ0v) is 17.2. The molecular formula is C22H24N2O3S. The van der Waals surface area contributed by atoms with E-state index in [9.17, 15) is 9.59 Å². The summed E-state index contributed by atoms with van der Waals surface area (Å²) in [7, 11) is 0. The molecule has 2 aliphatic heterocycles. The van der Waals surface area contributed by atoms with Crippen molar-refractivity contribution in [3.8, 4) is 0 Å². The van der Waals surface area contributed by atoms with E-state index in [0.29, 0.717) is 37.4 Å². The number of rotatable bonds is 3. The van der Waals surface area contributed by atoms with E-state index in [0.717, 1.165) is 27.0 Å². The number of morpholine rings is 1. The Kier molecular flexibility index (Phi) is 5.08. The summed E-state index contributed by atoms with van der Waals surface area (Å²) in [6.07, 6.45) is 0. The van der Waals surface area contributed by atoms with Gasteiger partial charge in [-0.25, -0.2) is 0 Å². The summed E-state index contributed by atoms with van der Waals surface area (Å²) < 4.78 is 6.57. The molecule has 1 aromatic carbocycles. The Morgan fingerprint density at radius 1 is 1.11 bits per heavy atom. The molecule has 3 heterocycles. The number of amides is 1. The molecule has 2 aromatic rings. The van der Waals surface area contributed by atoms with Gasteiger partial charge in [0.25, 0.3) is 5.91 Å². The molecule has 5 nitrogen and oxygen atoms in total. The lowest BCUT2D eigenvalue weighted by Gasteiger charge is -2.35. The van der Waals surface area contributed by atoms with Crippen molar-refractivity contribution < 1.29 is 14.3 Å². The fourth-order valence-electron chi connectivity index (χ4n) is 4.21. The highest BCUT2D eigenvalue weighted by molar-refractivity contribution is 7.17. The summed E-state index contributed by atoms with van der Waals surface area (Å²) in [4.78, 5) is 28.0. The molecule has 1 atom stereocenters. The second-order valence-electron chi connectivity index (χ2n) is 7.28. The predicted octanol–water partition coefficient (Wildman–Crippen LogP) is 3.58. The van der Waals surface area contributed by atoms with E-state index in [1.807, 2.05) is 30.9 Å². The third-order valence-corrected chi connectivity index (χ3v) is 6.47. The van der Waals surface area contributed by atoms with Crippen molar-refractivity contribution >= 4 is 33.1 Å². The molecule has 1 amide bonds. The molecule has 1 aromatic heterocycles. The van der Waals surface area contributed by atoms with Gasteiger partial charge in [-0.15, -0.1) is 11.3 Å². The van der Waals surface area contributed by atoms with Crippen LogP contribution in [-0.2, 0) is 14.3 Å². The maximum atomic E-state index is 13.5. The summed E-state index contributed by atoms with van der Waals surface area (Å²) in [5.41, 5.74) is 4.01. The number of fused-ring (bicyclic) bond motifs is 1. The van der Waals surface area contributed by atoms with Crippen LogP contribution in [0.1, 0.15) is 32.3 Å². The minimum Gasteiger partial charge on any atom is -0.378 e. The summed E-state index contributed by atoms with van der Waals surface area (Å²) in [5.74, 6) is -0.380. The quantitative estimate of drug-likeness (QED) is 0.862. The van der Waals surface area contributed by atoms with Gasteiger partial charge in [0.2, 0.25) is 0 Å². The first-order valence-corrected chi connectivity index (χ1v) is 10.4. The topological polar surface area (TPSA) is 58.6 Å². The first kappa shape index (κ1) is 18.9. The van der Waals surface area contributed by atoms with Gasteiger partial charge in [-0.1, -0.05) is 18.2 Å². The maximum absolute atomic E-state index is 13.5. The largest absolute Gasteiger partial charge is 0.378 e. The van der Waals surface area contributed by atoms with E-state index in [4.69, 9.17) is 4.74 Å². The molecule has 0 aliphatic carbocycles. The lowest BCUT2D eigenvalue weighted by Crippen LogP contribution is -2.44. The normalized spacial score (nSPS) is 20.5. The van der Waals surface area contributed by atoms with Gasteiger partial charge in [-0.2, -0.15) is 0 Å². The number of ether oxygens (including phenoxy) is 1. The number of nitrogens with zero attached hydrogens (tertiary/aromatic N) is 1. The molecule has 0 radical (unpaired) electrons. The number of carbonyl (C=O) groups is 2. The SMILES string of the molecule is CC(=O)C1=C(C)NC(C)=C(C(=O)N2CCOCC2)C1c1csc2ccccc12. The minimum absolute atomic E-state index is 0.00920. The predicted molar refractivity (Wildman–Crippen MR) is 111 cm³/mol. The van der Waals surface area contributed by atoms with Crippen molar-refractivity contribution in [3.05, 3.63) is 57.7 Å².